The molecule has 0 saturated heterocycles. The maximum atomic E-state index is 5.17. The van der Waals surface area contributed by atoms with Crippen LogP contribution >= 0.6 is 0 Å². The molecular formula is C48H32N6. The summed E-state index contributed by atoms with van der Waals surface area (Å²) in [6.07, 6.45) is 1.80. The first-order chi connectivity index (χ1) is 26.7. The number of benzene rings is 5. The molecular weight excluding hydrogens is 661 g/mol. The summed E-state index contributed by atoms with van der Waals surface area (Å²) in [5.74, 6) is 1.27. The van der Waals surface area contributed by atoms with Gasteiger partial charge >= 0.3 is 0 Å². The summed E-state index contributed by atoms with van der Waals surface area (Å²) in [5, 5.41) is 0. The molecule has 4 aromatic heterocycles. The van der Waals surface area contributed by atoms with Crippen LogP contribution in [-0.2, 0) is 0 Å². The van der Waals surface area contributed by atoms with Gasteiger partial charge in [-0.1, -0.05) is 152 Å². The lowest BCUT2D eigenvalue weighted by atomic mass is 10.0. The van der Waals surface area contributed by atoms with E-state index in [0.29, 0.717) is 34.6 Å². The predicted octanol–water partition coefficient (Wildman–Crippen LogP) is 11.4. The van der Waals surface area contributed by atoms with Crippen LogP contribution in [0.25, 0.3) is 90.5 Å². The van der Waals surface area contributed by atoms with Crippen LogP contribution in [0.4, 0.5) is 0 Å². The third-order valence-electron chi connectivity index (χ3n) is 9.19. The first-order valence-corrected chi connectivity index (χ1v) is 17.8. The van der Waals surface area contributed by atoms with Crippen molar-refractivity contribution in [3.63, 3.8) is 0 Å². The number of hydrogen-bond donors (Lipinski definition) is 0. The molecule has 0 bridgehead atoms. The molecule has 5 aromatic carbocycles. The SMILES string of the molecule is c1ccc(-c2ccnc(-c3nc(-c4cc(-c5ccccc5)cc(-c5ccccc5)n4)nc(-c4cc(-c5ccccc5)cc(-c5ccccc5)n4)n3)c2)cc1. The molecule has 0 aliphatic carbocycles. The van der Waals surface area contributed by atoms with Gasteiger partial charge in [0.15, 0.2) is 17.5 Å². The molecule has 0 atom stereocenters. The standard InChI is InChI=1S/C48H32N6/c1-6-16-33(17-7-1)38-26-27-49-43(28-38)46-52-47(44-31-39(34-18-8-2-9-19-34)29-41(50-44)36-22-12-4-13-23-36)54-48(53-46)45-32-40(35-20-10-3-11-21-35)30-42(51-45)37-24-14-5-15-25-37/h1-32H. The van der Waals surface area contributed by atoms with Crippen molar-refractivity contribution in [2.45, 2.75) is 0 Å². The van der Waals surface area contributed by atoms with E-state index in [1.807, 2.05) is 115 Å². The van der Waals surface area contributed by atoms with Gasteiger partial charge in [-0.05, 0) is 69.8 Å². The minimum atomic E-state index is 0.421. The van der Waals surface area contributed by atoms with Gasteiger partial charge < -0.3 is 0 Å². The van der Waals surface area contributed by atoms with Crippen molar-refractivity contribution < 1.29 is 0 Å². The third kappa shape index (κ3) is 6.92. The lowest BCUT2D eigenvalue weighted by Crippen LogP contribution is -2.04. The average molecular weight is 693 g/mol. The molecule has 0 radical (unpaired) electrons. The Morgan fingerprint density at radius 3 is 0.944 bits per heavy atom. The van der Waals surface area contributed by atoms with Gasteiger partial charge in [-0.2, -0.15) is 0 Å². The summed E-state index contributed by atoms with van der Waals surface area (Å²) in [5.41, 5.74) is 11.7. The Morgan fingerprint density at radius 1 is 0.222 bits per heavy atom. The maximum absolute atomic E-state index is 5.17. The van der Waals surface area contributed by atoms with E-state index in [1.165, 1.54) is 0 Å². The summed E-state index contributed by atoms with van der Waals surface area (Å²) in [4.78, 5) is 30.4. The number of pyridine rings is 3. The van der Waals surface area contributed by atoms with Crippen LogP contribution in [0.15, 0.2) is 194 Å². The Labute approximate surface area is 313 Å². The molecule has 254 valence electrons. The Kier molecular flexibility index (Phi) is 8.81. The number of rotatable bonds is 8. The molecule has 6 heteroatoms. The zero-order valence-corrected chi connectivity index (χ0v) is 29.2. The maximum Gasteiger partial charge on any atom is 0.182 e. The first-order valence-electron chi connectivity index (χ1n) is 17.8. The smallest absolute Gasteiger partial charge is 0.182 e. The molecule has 9 aromatic rings. The van der Waals surface area contributed by atoms with E-state index in [9.17, 15) is 0 Å². The normalized spacial score (nSPS) is 11.0. The molecule has 0 aliphatic rings. The van der Waals surface area contributed by atoms with E-state index in [1.54, 1.807) is 6.20 Å². The molecule has 4 heterocycles. The predicted molar refractivity (Wildman–Crippen MR) is 217 cm³/mol. The van der Waals surface area contributed by atoms with E-state index in [2.05, 4.69) is 72.8 Å². The van der Waals surface area contributed by atoms with Crippen molar-refractivity contribution in [1.82, 2.24) is 29.9 Å². The molecule has 54 heavy (non-hydrogen) atoms. The summed E-state index contributed by atoms with van der Waals surface area (Å²) in [7, 11) is 0. The van der Waals surface area contributed by atoms with Crippen LogP contribution in [-0.4, -0.2) is 29.9 Å². The van der Waals surface area contributed by atoms with Gasteiger partial charge in [0.1, 0.15) is 17.1 Å². The van der Waals surface area contributed by atoms with E-state index >= 15 is 0 Å². The molecule has 0 unspecified atom stereocenters. The van der Waals surface area contributed by atoms with Crippen LogP contribution in [0, 0.1) is 0 Å². The van der Waals surface area contributed by atoms with E-state index in [-0.39, 0.29) is 0 Å². The lowest BCUT2D eigenvalue weighted by molar-refractivity contribution is 1.04. The summed E-state index contributed by atoms with van der Waals surface area (Å²) in [6, 6.07) is 63.5. The fourth-order valence-electron chi connectivity index (χ4n) is 6.48. The Morgan fingerprint density at radius 2 is 0.537 bits per heavy atom. The van der Waals surface area contributed by atoms with Crippen molar-refractivity contribution in [3.05, 3.63) is 194 Å². The van der Waals surface area contributed by atoms with E-state index < -0.39 is 0 Å². The largest absolute Gasteiger partial charge is 0.253 e. The second-order valence-corrected chi connectivity index (χ2v) is 12.8. The Bertz CT molecular complexity index is 2430. The van der Waals surface area contributed by atoms with Gasteiger partial charge in [-0.3, -0.25) is 4.98 Å². The zero-order chi connectivity index (χ0) is 36.1. The van der Waals surface area contributed by atoms with Crippen LogP contribution in [0.2, 0.25) is 0 Å². The highest BCUT2D eigenvalue weighted by molar-refractivity contribution is 5.78. The molecule has 6 nitrogen and oxygen atoms in total. The Balaban J connectivity index is 1.28. The second kappa shape index (κ2) is 14.7. The van der Waals surface area contributed by atoms with Gasteiger partial charge in [0.05, 0.1) is 11.4 Å². The number of hydrogen-bond acceptors (Lipinski definition) is 6. The number of aromatic nitrogens is 6. The minimum Gasteiger partial charge on any atom is -0.253 e. The first kappa shape index (κ1) is 32.5. The molecule has 0 fully saturated rings. The van der Waals surface area contributed by atoms with Crippen LogP contribution < -0.4 is 0 Å². The highest BCUT2D eigenvalue weighted by Gasteiger charge is 2.19. The van der Waals surface area contributed by atoms with Crippen LogP contribution in [0.1, 0.15) is 0 Å². The van der Waals surface area contributed by atoms with Crippen LogP contribution in [0.5, 0.6) is 0 Å². The quantitative estimate of drug-likeness (QED) is 0.158. The van der Waals surface area contributed by atoms with Crippen molar-refractivity contribution in [3.8, 4) is 90.5 Å². The van der Waals surface area contributed by atoms with Gasteiger partial charge in [0.2, 0.25) is 0 Å². The molecule has 0 saturated carbocycles. The zero-order valence-electron chi connectivity index (χ0n) is 29.2. The van der Waals surface area contributed by atoms with Gasteiger partial charge in [-0.25, -0.2) is 24.9 Å². The van der Waals surface area contributed by atoms with E-state index in [0.717, 1.165) is 55.9 Å². The summed E-state index contributed by atoms with van der Waals surface area (Å²) < 4.78 is 0. The highest BCUT2D eigenvalue weighted by Crippen LogP contribution is 2.33. The van der Waals surface area contributed by atoms with Gasteiger partial charge in [-0.15, -0.1) is 0 Å². The van der Waals surface area contributed by atoms with Crippen molar-refractivity contribution in [2.24, 2.45) is 0 Å². The highest BCUT2D eigenvalue weighted by atomic mass is 15.1. The summed E-state index contributed by atoms with van der Waals surface area (Å²) in [6.45, 7) is 0. The lowest BCUT2D eigenvalue weighted by Gasteiger charge is -2.13. The molecule has 9 rings (SSSR count). The van der Waals surface area contributed by atoms with Gasteiger partial charge in [0, 0.05) is 17.3 Å². The fourth-order valence-corrected chi connectivity index (χ4v) is 6.48. The topological polar surface area (TPSA) is 77.3 Å². The van der Waals surface area contributed by atoms with Crippen molar-refractivity contribution >= 4 is 0 Å². The Hall–Kier alpha value is -7.44. The number of nitrogens with zero attached hydrogens (tertiary/aromatic N) is 6. The third-order valence-corrected chi connectivity index (χ3v) is 9.19. The van der Waals surface area contributed by atoms with E-state index in [4.69, 9.17) is 29.9 Å². The molecule has 0 N–H and O–H groups in total. The molecule has 0 spiro atoms. The van der Waals surface area contributed by atoms with Crippen LogP contribution in [0.3, 0.4) is 0 Å². The minimum absolute atomic E-state index is 0.421. The average Bonchev–Trinajstić information content (AvgIpc) is 3.27. The molecule has 0 amide bonds. The van der Waals surface area contributed by atoms with Crippen molar-refractivity contribution in [2.75, 3.05) is 0 Å². The second-order valence-electron chi connectivity index (χ2n) is 12.8. The van der Waals surface area contributed by atoms with Crippen molar-refractivity contribution in [1.29, 1.82) is 0 Å². The summed E-state index contributed by atoms with van der Waals surface area (Å²) >= 11 is 0. The monoisotopic (exact) mass is 692 g/mol. The van der Waals surface area contributed by atoms with Gasteiger partial charge in [0.25, 0.3) is 0 Å². The molecule has 0 aliphatic heterocycles. The fraction of sp³-hybridized carbons (Fsp3) is 0.